The van der Waals surface area contributed by atoms with Crippen molar-refractivity contribution in [2.24, 2.45) is 0 Å². The van der Waals surface area contributed by atoms with Gasteiger partial charge in [-0.05, 0) is 11.4 Å². The quantitative estimate of drug-likeness (QED) is 0.774. The third-order valence-electron chi connectivity index (χ3n) is 4.57. The van der Waals surface area contributed by atoms with Crippen molar-refractivity contribution in [3.63, 3.8) is 0 Å². The van der Waals surface area contributed by atoms with E-state index in [2.05, 4.69) is 57.1 Å². The number of nitrogens with one attached hydrogen (secondary N) is 2. The predicted molar refractivity (Wildman–Crippen MR) is 94.9 cm³/mol. The summed E-state index contributed by atoms with van der Waals surface area (Å²) in [4.78, 5) is 10.4. The average Bonchev–Trinajstić information content (AvgIpc) is 3.07. The third-order valence-corrected chi connectivity index (χ3v) is 5.48. The van der Waals surface area contributed by atoms with Crippen molar-refractivity contribution in [2.45, 2.75) is 25.4 Å². The lowest BCUT2D eigenvalue weighted by molar-refractivity contribution is -0.918. The van der Waals surface area contributed by atoms with Gasteiger partial charge in [-0.25, -0.2) is 9.97 Å². The van der Waals surface area contributed by atoms with Gasteiger partial charge in [0.05, 0.1) is 23.3 Å². The van der Waals surface area contributed by atoms with Gasteiger partial charge in [0.25, 0.3) is 0 Å². The number of benzene rings is 1. The molecular weight excluding hydrogens is 304 g/mol. The second-order valence-electron chi connectivity index (χ2n) is 6.19. The third kappa shape index (κ3) is 3.35. The van der Waals surface area contributed by atoms with E-state index in [4.69, 9.17) is 0 Å². The van der Waals surface area contributed by atoms with E-state index >= 15 is 0 Å². The van der Waals surface area contributed by atoms with Crippen molar-refractivity contribution in [3.05, 3.63) is 53.7 Å². The van der Waals surface area contributed by atoms with Crippen molar-refractivity contribution in [2.75, 3.05) is 18.4 Å². The fourth-order valence-electron chi connectivity index (χ4n) is 3.32. The number of likely N-dealkylation sites (tertiary alicyclic amines) is 1. The van der Waals surface area contributed by atoms with Crippen molar-refractivity contribution >= 4 is 27.4 Å². The highest BCUT2D eigenvalue weighted by atomic mass is 32.1. The van der Waals surface area contributed by atoms with Gasteiger partial charge in [-0.1, -0.05) is 30.3 Å². The lowest BCUT2D eigenvalue weighted by Gasteiger charge is -2.30. The Bertz CT molecular complexity index is 763. The Labute approximate surface area is 140 Å². The van der Waals surface area contributed by atoms with E-state index in [1.165, 1.54) is 36.2 Å². The lowest BCUT2D eigenvalue weighted by Crippen LogP contribution is -3.12. The van der Waals surface area contributed by atoms with Crippen LogP contribution in [0.15, 0.2) is 48.1 Å². The number of nitrogens with zero attached hydrogens (tertiary/aromatic N) is 2. The van der Waals surface area contributed by atoms with Crippen LogP contribution in [0.5, 0.6) is 0 Å². The summed E-state index contributed by atoms with van der Waals surface area (Å²) in [5.74, 6) is 1.00. The fourth-order valence-corrected chi connectivity index (χ4v) is 4.11. The van der Waals surface area contributed by atoms with Crippen molar-refractivity contribution in [1.29, 1.82) is 0 Å². The highest BCUT2D eigenvalue weighted by Crippen LogP contribution is 2.26. The molecule has 0 bridgehead atoms. The van der Waals surface area contributed by atoms with Crippen molar-refractivity contribution in [1.82, 2.24) is 9.97 Å². The molecule has 3 heterocycles. The van der Waals surface area contributed by atoms with Crippen LogP contribution in [0.25, 0.3) is 10.2 Å². The first-order valence-electron chi connectivity index (χ1n) is 8.21. The molecule has 2 aromatic heterocycles. The smallest absolute Gasteiger partial charge is 0.147 e. The number of rotatable bonds is 4. The molecule has 0 unspecified atom stereocenters. The summed E-state index contributed by atoms with van der Waals surface area (Å²) >= 11 is 1.71. The lowest BCUT2D eigenvalue weighted by atomic mass is 10.0. The Balaban J connectivity index is 1.36. The number of piperidine rings is 1. The molecule has 4 nitrogen and oxygen atoms in total. The van der Waals surface area contributed by atoms with Crippen LogP contribution in [-0.4, -0.2) is 29.1 Å². The molecule has 4 rings (SSSR count). The molecule has 118 valence electrons. The summed E-state index contributed by atoms with van der Waals surface area (Å²) in [6.07, 6.45) is 4.05. The molecular formula is C18H21N4S+. The Kier molecular flexibility index (Phi) is 4.22. The number of fused-ring (bicyclic) bond motifs is 1. The van der Waals surface area contributed by atoms with Crippen LogP contribution < -0.4 is 10.2 Å². The van der Waals surface area contributed by atoms with Crippen molar-refractivity contribution < 1.29 is 4.90 Å². The molecule has 5 heteroatoms. The van der Waals surface area contributed by atoms with Crippen LogP contribution in [0.3, 0.4) is 0 Å². The zero-order valence-corrected chi connectivity index (χ0v) is 13.9. The van der Waals surface area contributed by atoms with Crippen LogP contribution in [0, 0.1) is 0 Å². The number of hydrogen-bond donors (Lipinski definition) is 2. The van der Waals surface area contributed by atoms with E-state index in [9.17, 15) is 0 Å². The topological polar surface area (TPSA) is 42.2 Å². The van der Waals surface area contributed by atoms with Crippen LogP contribution in [-0.2, 0) is 6.54 Å². The molecule has 1 aromatic carbocycles. The minimum atomic E-state index is 0.523. The summed E-state index contributed by atoms with van der Waals surface area (Å²) < 4.78 is 1.17. The van der Waals surface area contributed by atoms with Crippen molar-refractivity contribution in [3.8, 4) is 0 Å². The van der Waals surface area contributed by atoms with Gasteiger partial charge < -0.3 is 10.2 Å². The van der Waals surface area contributed by atoms with Gasteiger partial charge in [-0.15, -0.1) is 11.3 Å². The molecule has 23 heavy (non-hydrogen) atoms. The number of anilines is 1. The van der Waals surface area contributed by atoms with Crippen LogP contribution in [0.2, 0.25) is 0 Å². The zero-order valence-electron chi connectivity index (χ0n) is 13.0. The van der Waals surface area contributed by atoms with E-state index in [0.29, 0.717) is 6.04 Å². The largest absolute Gasteiger partial charge is 0.366 e. The Morgan fingerprint density at radius 2 is 1.91 bits per heavy atom. The highest BCUT2D eigenvalue weighted by Gasteiger charge is 2.23. The molecule has 2 N–H and O–H groups in total. The first-order valence-corrected chi connectivity index (χ1v) is 9.09. The van der Waals surface area contributed by atoms with E-state index in [0.717, 1.165) is 17.9 Å². The number of hydrogen-bond acceptors (Lipinski definition) is 4. The maximum atomic E-state index is 4.44. The molecule has 1 saturated heterocycles. The Morgan fingerprint density at radius 1 is 1.09 bits per heavy atom. The molecule has 0 saturated carbocycles. The van der Waals surface area contributed by atoms with Gasteiger partial charge in [0.2, 0.25) is 0 Å². The molecule has 1 fully saturated rings. The standard InChI is InChI=1S/C18H20N4S/c1-2-4-14(5-3-1)12-22-9-6-15(7-10-22)21-18-17-16(8-11-23-17)19-13-20-18/h1-5,8,11,13,15H,6-7,9-10,12H2,(H,19,20,21)/p+1. The first kappa shape index (κ1) is 14.6. The molecule has 1 aliphatic rings. The minimum absolute atomic E-state index is 0.523. The second kappa shape index (κ2) is 6.64. The summed E-state index contributed by atoms with van der Waals surface area (Å²) in [5, 5.41) is 5.72. The van der Waals surface area contributed by atoms with E-state index < -0.39 is 0 Å². The number of aromatic nitrogens is 2. The molecule has 0 spiro atoms. The van der Waals surface area contributed by atoms with E-state index in [1.54, 1.807) is 22.6 Å². The van der Waals surface area contributed by atoms with Crippen LogP contribution in [0.4, 0.5) is 5.82 Å². The predicted octanol–water partition coefficient (Wildman–Crippen LogP) is 2.35. The molecule has 1 aliphatic heterocycles. The fraction of sp³-hybridized carbons (Fsp3) is 0.333. The molecule has 0 radical (unpaired) electrons. The van der Waals surface area contributed by atoms with Gasteiger partial charge in [-0.3, -0.25) is 0 Å². The maximum Gasteiger partial charge on any atom is 0.147 e. The molecule has 3 aromatic rings. The second-order valence-corrected chi connectivity index (χ2v) is 7.10. The average molecular weight is 325 g/mol. The van der Waals surface area contributed by atoms with Gasteiger partial charge in [0, 0.05) is 24.4 Å². The first-order chi connectivity index (χ1) is 11.4. The van der Waals surface area contributed by atoms with Gasteiger partial charge in [-0.2, -0.15) is 0 Å². The van der Waals surface area contributed by atoms with E-state index in [-0.39, 0.29) is 0 Å². The maximum absolute atomic E-state index is 4.44. The van der Waals surface area contributed by atoms with Crippen LogP contribution >= 0.6 is 11.3 Å². The monoisotopic (exact) mass is 325 g/mol. The Morgan fingerprint density at radius 3 is 2.74 bits per heavy atom. The SMILES string of the molecule is c1ccc(C[NH+]2CCC(Nc3ncnc4ccsc34)CC2)cc1. The van der Waals surface area contributed by atoms with Gasteiger partial charge in [0.15, 0.2) is 0 Å². The van der Waals surface area contributed by atoms with Gasteiger partial charge >= 0.3 is 0 Å². The van der Waals surface area contributed by atoms with Crippen LogP contribution in [0.1, 0.15) is 18.4 Å². The highest BCUT2D eigenvalue weighted by molar-refractivity contribution is 7.17. The zero-order chi connectivity index (χ0) is 15.5. The minimum Gasteiger partial charge on any atom is -0.366 e. The number of thiophene rings is 1. The van der Waals surface area contributed by atoms with E-state index in [1.807, 2.05) is 0 Å². The van der Waals surface area contributed by atoms with Gasteiger partial charge in [0.1, 0.15) is 18.7 Å². The molecule has 0 amide bonds. The summed E-state index contributed by atoms with van der Waals surface area (Å²) in [7, 11) is 0. The summed E-state index contributed by atoms with van der Waals surface area (Å²) in [6, 6.07) is 13.4. The number of quaternary nitrogens is 1. The Hall–Kier alpha value is -1.98. The molecule has 0 atom stereocenters. The summed E-state index contributed by atoms with van der Waals surface area (Å²) in [6.45, 7) is 3.56. The molecule has 0 aliphatic carbocycles. The summed E-state index contributed by atoms with van der Waals surface area (Å²) in [5.41, 5.74) is 2.48. The normalized spacial score (nSPS) is 21.4.